The van der Waals surface area contributed by atoms with E-state index in [2.05, 4.69) is 10.2 Å². The predicted octanol–water partition coefficient (Wildman–Crippen LogP) is 4.19. The molecule has 0 atom stereocenters. The molecular weight excluding hydrogens is 277 g/mol. The minimum Gasteiger partial charge on any atom is -0.369 e. The fourth-order valence-electron chi connectivity index (χ4n) is 2.51. The van der Waals surface area contributed by atoms with Crippen LogP contribution in [-0.2, 0) is 12.7 Å². The normalized spacial score (nSPS) is 15.6. The number of benzene rings is 1. The van der Waals surface area contributed by atoms with Crippen LogP contribution in [0.5, 0.6) is 0 Å². The van der Waals surface area contributed by atoms with Crippen molar-refractivity contribution >= 4 is 5.69 Å². The van der Waals surface area contributed by atoms with Gasteiger partial charge in [0.05, 0.1) is 5.56 Å². The van der Waals surface area contributed by atoms with Crippen LogP contribution in [0.1, 0.15) is 44.7 Å². The maximum Gasteiger partial charge on any atom is 0.416 e. The molecule has 1 saturated carbocycles. The van der Waals surface area contributed by atoms with E-state index in [1.54, 1.807) is 6.07 Å². The van der Waals surface area contributed by atoms with Crippen LogP contribution in [0.15, 0.2) is 18.2 Å². The molecule has 1 aromatic carbocycles. The number of halogens is 3. The van der Waals surface area contributed by atoms with E-state index >= 15 is 0 Å². The lowest BCUT2D eigenvalue weighted by Crippen LogP contribution is -2.27. The highest BCUT2D eigenvalue weighted by atomic mass is 19.4. The van der Waals surface area contributed by atoms with Gasteiger partial charge in [0.15, 0.2) is 0 Å². The van der Waals surface area contributed by atoms with Crippen LogP contribution < -0.4 is 10.2 Å². The molecule has 0 heterocycles. The van der Waals surface area contributed by atoms with Gasteiger partial charge in [0.2, 0.25) is 0 Å². The lowest BCUT2D eigenvalue weighted by molar-refractivity contribution is -0.138. The SMILES string of the molecule is CCN(c1ccc(CNC(C)C)c(C(F)(F)F)c1)C1CC1. The summed E-state index contributed by atoms with van der Waals surface area (Å²) >= 11 is 0. The van der Waals surface area contributed by atoms with Crippen LogP contribution in [0.3, 0.4) is 0 Å². The first-order valence-corrected chi connectivity index (χ1v) is 7.53. The van der Waals surface area contributed by atoms with Crippen molar-refractivity contribution in [3.05, 3.63) is 29.3 Å². The van der Waals surface area contributed by atoms with Crippen molar-refractivity contribution in [3.8, 4) is 0 Å². The second-order valence-corrected chi connectivity index (χ2v) is 5.89. The summed E-state index contributed by atoms with van der Waals surface area (Å²) in [4.78, 5) is 2.06. The third kappa shape index (κ3) is 4.13. The van der Waals surface area contributed by atoms with Gasteiger partial charge in [-0.1, -0.05) is 19.9 Å². The second-order valence-electron chi connectivity index (χ2n) is 5.89. The predicted molar refractivity (Wildman–Crippen MR) is 79.5 cm³/mol. The van der Waals surface area contributed by atoms with Crippen molar-refractivity contribution in [1.82, 2.24) is 5.32 Å². The van der Waals surface area contributed by atoms with Gasteiger partial charge in [0.25, 0.3) is 0 Å². The summed E-state index contributed by atoms with van der Waals surface area (Å²) in [5.74, 6) is 0. The minimum absolute atomic E-state index is 0.157. The van der Waals surface area contributed by atoms with Crippen molar-refractivity contribution in [2.45, 2.75) is 58.4 Å². The Hall–Kier alpha value is -1.23. The summed E-state index contributed by atoms with van der Waals surface area (Å²) in [6.07, 6.45) is -2.16. The highest BCUT2D eigenvalue weighted by molar-refractivity contribution is 5.53. The molecule has 118 valence electrons. The van der Waals surface area contributed by atoms with Crippen molar-refractivity contribution in [1.29, 1.82) is 0 Å². The molecule has 0 aliphatic heterocycles. The van der Waals surface area contributed by atoms with E-state index in [0.717, 1.165) is 19.4 Å². The van der Waals surface area contributed by atoms with Gasteiger partial charge < -0.3 is 10.2 Å². The maximum atomic E-state index is 13.3. The van der Waals surface area contributed by atoms with E-state index in [4.69, 9.17) is 0 Å². The van der Waals surface area contributed by atoms with Crippen LogP contribution in [0.25, 0.3) is 0 Å². The van der Waals surface area contributed by atoms with Gasteiger partial charge in [0, 0.05) is 30.9 Å². The zero-order chi connectivity index (χ0) is 15.6. The summed E-state index contributed by atoms with van der Waals surface area (Å²) < 4.78 is 39.9. The first kappa shape index (κ1) is 16.1. The van der Waals surface area contributed by atoms with Gasteiger partial charge in [0.1, 0.15) is 0 Å². The van der Waals surface area contributed by atoms with E-state index in [1.165, 1.54) is 6.07 Å². The molecule has 1 aromatic rings. The molecule has 0 aromatic heterocycles. The Morgan fingerprint density at radius 2 is 1.95 bits per heavy atom. The monoisotopic (exact) mass is 300 g/mol. The number of hydrogen-bond donors (Lipinski definition) is 1. The van der Waals surface area contributed by atoms with Gasteiger partial charge >= 0.3 is 6.18 Å². The van der Waals surface area contributed by atoms with Crippen LogP contribution in [-0.4, -0.2) is 18.6 Å². The molecule has 2 nitrogen and oxygen atoms in total. The zero-order valence-corrected chi connectivity index (χ0v) is 12.8. The second kappa shape index (κ2) is 6.26. The molecule has 0 bridgehead atoms. The van der Waals surface area contributed by atoms with Gasteiger partial charge in [-0.2, -0.15) is 13.2 Å². The van der Waals surface area contributed by atoms with Gasteiger partial charge in [-0.15, -0.1) is 0 Å². The Kier molecular flexibility index (Phi) is 4.81. The zero-order valence-electron chi connectivity index (χ0n) is 12.8. The Labute approximate surface area is 124 Å². The van der Waals surface area contributed by atoms with Gasteiger partial charge in [-0.3, -0.25) is 0 Å². The molecule has 5 heteroatoms. The van der Waals surface area contributed by atoms with E-state index < -0.39 is 11.7 Å². The molecule has 1 aliphatic carbocycles. The molecule has 0 spiro atoms. The number of nitrogens with one attached hydrogen (secondary N) is 1. The van der Waals surface area contributed by atoms with Gasteiger partial charge in [-0.05, 0) is 37.5 Å². The Balaban J connectivity index is 2.30. The third-order valence-electron chi connectivity index (χ3n) is 3.76. The highest BCUT2D eigenvalue weighted by Gasteiger charge is 2.35. The third-order valence-corrected chi connectivity index (χ3v) is 3.76. The molecule has 2 rings (SSSR count). The van der Waals surface area contributed by atoms with E-state index in [1.807, 2.05) is 26.8 Å². The number of anilines is 1. The lowest BCUT2D eigenvalue weighted by atomic mass is 10.0. The average Bonchev–Trinajstić information content (AvgIpc) is 3.21. The highest BCUT2D eigenvalue weighted by Crippen LogP contribution is 2.37. The topological polar surface area (TPSA) is 15.3 Å². The fraction of sp³-hybridized carbons (Fsp3) is 0.625. The molecule has 0 unspecified atom stereocenters. The largest absolute Gasteiger partial charge is 0.416 e. The lowest BCUT2D eigenvalue weighted by Gasteiger charge is -2.25. The summed E-state index contributed by atoms with van der Waals surface area (Å²) in [6, 6.07) is 5.30. The van der Waals surface area contributed by atoms with Crippen molar-refractivity contribution in [3.63, 3.8) is 0 Å². The van der Waals surface area contributed by atoms with Crippen molar-refractivity contribution < 1.29 is 13.2 Å². The Morgan fingerprint density at radius 3 is 2.43 bits per heavy atom. The fourth-order valence-corrected chi connectivity index (χ4v) is 2.51. The van der Waals surface area contributed by atoms with Crippen LogP contribution in [0.4, 0.5) is 18.9 Å². The Morgan fingerprint density at radius 1 is 1.29 bits per heavy atom. The average molecular weight is 300 g/mol. The first-order valence-electron chi connectivity index (χ1n) is 7.53. The van der Waals surface area contributed by atoms with Crippen molar-refractivity contribution in [2.24, 2.45) is 0 Å². The quantitative estimate of drug-likeness (QED) is 0.847. The summed E-state index contributed by atoms with van der Waals surface area (Å²) in [5.41, 5.74) is 0.472. The minimum atomic E-state index is -4.31. The van der Waals surface area contributed by atoms with Gasteiger partial charge in [-0.25, -0.2) is 0 Å². The Bertz CT molecular complexity index is 479. The maximum absolute atomic E-state index is 13.3. The van der Waals surface area contributed by atoms with E-state index in [9.17, 15) is 13.2 Å². The summed E-state index contributed by atoms with van der Waals surface area (Å²) in [5, 5.41) is 3.06. The van der Waals surface area contributed by atoms with E-state index in [0.29, 0.717) is 17.3 Å². The molecule has 21 heavy (non-hydrogen) atoms. The molecule has 0 radical (unpaired) electrons. The smallest absolute Gasteiger partial charge is 0.369 e. The van der Waals surface area contributed by atoms with Crippen molar-refractivity contribution in [2.75, 3.05) is 11.4 Å². The molecule has 0 saturated heterocycles. The number of hydrogen-bond acceptors (Lipinski definition) is 2. The standard InChI is InChI=1S/C16H23F3N2/c1-4-21(13-7-8-13)14-6-5-12(10-20-11(2)3)15(9-14)16(17,18)19/h5-6,9,11,13,20H,4,7-8,10H2,1-3H3. The molecule has 1 aliphatic rings. The number of rotatable bonds is 6. The molecule has 1 fully saturated rings. The summed E-state index contributed by atoms with van der Waals surface area (Å²) in [6.45, 7) is 6.81. The summed E-state index contributed by atoms with van der Waals surface area (Å²) in [7, 11) is 0. The van der Waals surface area contributed by atoms with Crippen LogP contribution in [0.2, 0.25) is 0 Å². The number of alkyl halides is 3. The van der Waals surface area contributed by atoms with E-state index in [-0.39, 0.29) is 12.6 Å². The first-order chi connectivity index (χ1) is 9.82. The molecule has 1 N–H and O–H groups in total. The number of nitrogens with zero attached hydrogens (tertiary/aromatic N) is 1. The molecular formula is C16H23F3N2. The van der Waals surface area contributed by atoms with Crippen LogP contribution in [0, 0.1) is 0 Å². The van der Waals surface area contributed by atoms with Crippen LogP contribution >= 0.6 is 0 Å². The molecule has 0 amide bonds.